The smallest absolute Gasteiger partial charge is 0.332 e. The van der Waals surface area contributed by atoms with E-state index in [1.54, 1.807) is 0 Å². The van der Waals surface area contributed by atoms with Gasteiger partial charge < -0.3 is 28.7 Å². The van der Waals surface area contributed by atoms with E-state index in [0.29, 0.717) is 19.3 Å². The van der Waals surface area contributed by atoms with Gasteiger partial charge in [0.15, 0.2) is 0 Å². The topological polar surface area (TPSA) is 152 Å². The fourth-order valence-electron chi connectivity index (χ4n) is 2.78. The van der Waals surface area contributed by atoms with Crippen molar-refractivity contribution >= 4 is 34.6 Å². The fourth-order valence-corrected chi connectivity index (χ4v) is 5.04. The van der Waals surface area contributed by atoms with Crippen molar-refractivity contribution in [3.8, 4) is 0 Å². The fraction of sp³-hybridized carbons (Fsp3) is 0.619. The first-order valence-electron chi connectivity index (χ1n) is 11.1. The van der Waals surface area contributed by atoms with Crippen molar-refractivity contribution in [1.82, 2.24) is 0 Å². The zero-order chi connectivity index (χ0) is 24.9. The van der Waals surface area contributed by atoms with Crippen molar-refractivity contribution in [3.63, 3.8) is 0 Å². The Labute approximate surface area is 198 Å². The Balaban J connectivity index is 3.44. The molecule has 188 valence electrons. The summed E-state index contributed by atoms with van der Waals surface area (Å²) in [4.78, 5) is 53.9. The molecule has 33 heavy (non-hydrogen) atoms. The molecule has 0 radical (unpaired) electrons. The molecule has 0 saturated heterocycles. The van der Waals surface area contributed by atoms with Gasteiger partial charge in [-0.1, -0.05) is 40.0 Å². The quantitative estimate of drug-likeness (QED) is 0.219. The maximum Gasteiger partial charge on any atom is 0.332 e. The first-order valence-corrected chi connectivity index (χ1v) is 15.3. The van der Waals surface area contributed by atoms with Gasteiger partial charge in [0.05, 0.1) is 37.1 Å². The molecule has 3 N–H and O–H groups in total. The molecule has 3 unspecified atom stereocenters. The SMILES string of the molecule is CCCCO/C(c1cc(CP(=O)(O)OCCCC)cc(/C(OCCCC)=[P+](/[O-])O)c1)=[P+](\[O-])O. The zero-order valence-corrected chi connectivity index (χ0v) is 22.1. The second kappa shape index (κ2) is 16.2. The Bertz CT molecular complexity index is 797. The molecule has 1 aromatic rings. The lowest BCUT2D eigenvalue weighted by Gasteiger charge is -2.15. The highest BCUT2D eigenvalue weighted by Crippen LogP contribution is 2.46. The van der Waals surface area contributed by atoms with Crippen LogP contribution in [-0.4, -0.2) is 45.5 Å². The predicted molar refractivity (Wildman–Crippen MR) is 129 cm³/mol. The van der Waals surface area contributed by atoms with Crippen LogP contribution in [0, 0.1) is 0 Å². The number of ether oxygens (including phenoxy) is 2. The van der Waals surface area contributed by atoms with E-state index in [0.717, 1.165) is 19.3 Å². The predicted octanol–water partition coefficient (Wildman–Crippen LogP) is 3.11. The van der Waals surface area contributed by atoms with Crippen LogP contribution in [0.1, 0.15) is 76.0 Å². The molecule has 0 aromatic heterocycles. The summed E-state index contributed by atoms with van der Waals surface area (Å²) in [6.07, 6.45) is 4.00. The highest BCUT2D eigenvalue weighted by molar-refractivity contribution is 7.52. The monoisotopic (exact) mass is 524 g/mol. The summed E-state index contributed by atoms with van der Waals surface area (Å²) >= 11 is 0. The number of rotatable bonds is 16. The molecule has 0 heterocycles. The molecular weight excluding hydrogens is 489 g/mol. The van der Waals surface area contributed by atoms with Gasteiger partial charge in [-0.05, 0) is 43.0 Å². The molecular formula is C21H35O9P3. The average Bonchev–Trinajstić information content (AvgIpc) is 2.73. The number of hydrogen-bond acceptors (Lipinski definition) is 8. The van der Waals surface area contributed by atoms with Crippen LogP contribution in [0.4, 0.5) is 0 Å². The normalized spacial score (nSPS) is 15.2. The summed E-state index contributed by atoms with van der Waals surface area (Å²) in [7, 11) is -9.77. The van der Waals surface area contributed by atoms with Crippen molar-refractivity contribution in [2.45, 2.75) is 65.5 Å². The summed E-state index contributed by atoms with van der Waals surface area (Å²) in [5.41, 5.74) is 0.213. The van der Waals surface area contributed by atoms with Crippen LogP contribution in [0.5, 0.6) is 0 Å². The Morgan fingerprint density at radius 2 is 1.27 bits per heavy atom. The van der Waals surface area contributed by atoms with E-state index in [9.17, 15) is 29.0 Å². The third kappa shape index (κ3) is 11.6. The molecule has 1 aromatic carbocycles. The summed E-state index contributed by atoms with van der Waals surface area (Å²) in [6, 6.07) is 4.32. The number of unbranched alkanes of at least 4 members (excludes halogenated alkanes) is 3. The van der Waals surface area contributed by atoms with Crippen LogP contribution in [0.2, 0.25) is 0 Å². The molecule has 3 atom stereocenters. The molecule has 0 fully saturated rings. The van der Waals surface area contributed by atoms with E-state index in [1.165, 1.54) is 18.2 Å². The van der Waals surface area contributed by atoms with E-state index in [1.807, 2.05) is 20.8 Å². The molecule has 0 spiro atoms. The Morgan fingerprint density at radius 3 is 1.67 bits per heavy atom. The maximum absolute atomic E-state index is 12.6. The van der Waals surface area contributed by atoms with Crippen molar-refractivity contribution < 1.29 is 43.0 Å². The van der Waals surface area contributed by atoms with Crippen LogP contribution in [0.3, 0.4) is 0 Å². The largest absolute Gasteiger partial charge is 0.601 e. The molecule has 0 aliphatic heterocycles. The average molecular weight is 524 g/mol. The Kier molecular flexibility index (Phi) is 15.0. The molecule has 0 saturated carbocycles. The van der Waals surface area contributed by atoms with Crippen LogP contribution in [0.15, 0.2) is 18.2 Å². The second-order valence-electron chi connectivity index (χ2n) is 7.46. The van der Waals surface area contributed by atoms with Crippen LogP contribution in [0.25, 0.3) is 0 Å². The minimum atomic E-state index is -4.01. The van der Waals surface area contributed by atoms with Gasteiger partial charge in [-0.25, -0.2) is 0 Å². The van der Waals surface area contributed by atoms with Gasteiger partial charge in [0.2, 0.25) is 0 Å². The van der Waals surface area contributed by atoms with Crippen LogP contribution < -0.4 is 9.79 Å². The third-order valence-corrected chi connectivity index (χ3v) is 7.30. The van der Waals surface area contributed by atoms with Crippen molar-refractivity contribution in [2.24, 2.45) is 0 Å². The zero-order valence-electron chi connectivity index (χ0n) is 19.4. The van der Waals surface area contributed by atoms with Crippen molar-refractivity contribution in [3.05, 3.63) is 34.9 Å². The van der Waals surface area contributed by atoms with E-state index >= 15 is 0 Å². The van der Waals surface area contributed by atoms with Crippen molar-refractivity contribution in [1.29, 1.82) is 0 Å². The molecule has 0 aliphatic rings. The molecule has 1 rings (SSSR count). The third-order valence-electron chi connectivity index (χ3n) is 4.48. The first kappa shape index (κ1) is 30.5. The summed E-state index contributed by atoms with van der Waals surface area (Å²) in [5, 5.41) is 0. The van der Waals surface area contributed by atoms with E-state index < -0.39 is 23.6 Å². The molecule has 12 heteroatoms. The van der Waals surface area contributed by atoms with Gasteiger partial charge in [-0.3, -0.25) is 4.57 Å². The van der Waals surface area contributed by atoms with Gasteiger partial charge >= 0.3 is 7.60 Å². The van der Waals surface area contributed by atoms with E-state index in [2.05, 4.69) is 0 Å². The number of benzene rings is 1. The molecule has 0 aliphatic carbocycles. The van der Waals surface area contributed by atoms with Crippen LogP contribution >= 0.6 is 23.6 Å². The highest BCUT2D eigenvalue weighted by atomic mass is 31.2. The minimum Gasteiger partial charge on any atom is -0.601 e. The lowest BCUT2D eigenvalue weighted by Crippen LogP contribution is -2.15. The first-order chi connectivity index (χ1) is 15.6. The van der Waals surface area contributed by atoms with Gasteiger partial charge in [-0.15, -0.1) is 0 Å². The lowest BCUT2D eigenvalue weighted by molar-refractivity contribution is -0.169. The highest BCUT2D eigenvalue weighted by Gasteiger charge is 2.25. The Morgan fingerprint density at radius 1 is 0.848 bits per heavy atom. The van der Waals surface area contributed by atoms with E-state index in [4.69, 9.17) is 14.0 Å². The number of hydrogen-bond donors (Lipinski definition) is 3. The maximum atomic E-state index is 12.6. The van der Waals surface area contributed by atoms with Gasteiger partial charge in [0.25, 0.3) is 27.0 Å². The summed E-state index contributed by atoms with van der Waals surface area (Å²) in [6.45, 7) is 6.37. The standard InChI is InChI=1S/C21H35O9P3/c1-4-7-10-28-20(31(22)23)18-13-17(16-33(26,27)30-12-9-6-3)14-19(15-18)21(32(24)25)29-11-8-5-2/h13-15H,4-12,16H2,1-3H3,(H,22,23)(H,24,25)(H,26,27). The lowest BCUT2D eigenvalue weighted by atomic mass is 10.1. The summed E-state index contributed by atoms with van der Waals surface area (Å²) in [5.74, 6) is 0. The molecule has 9 nitrogen and oxygen atoms in total. The van der Waals surface area contributed by atoms with Crippen molar-refractivity contribution in [2.75, 3.05) is 19.8 Å². The van der Waals surface area contributed by atoms with E-state index in [-0.39, 0.29) is 53.6 Å². The van der Waals surface area contributed by atoms with Crippen LogP contribution in [-0.2, 0) is 24.7 Å². The Hall–Kier alpha value is -0.530. The summed E-state index contributed by atoms with van der Waals surface area (Å²) < 4.78 is 28.7. The molecule has 0 bridgehead atoms. The van der Waals surface area contributed by atoms with Gasteiger partial charge in [0, 0.05) is 0 Å². The minimum absolute atomic E-state index is 0.122. The second-order valence-corrected chi connectivity index (χ2v) is 11.2. The van der Waals surface area contributed by atoms with Gasteiger partial charge in [0.1, 0.15) is 0 Å². The molecule has 0 amide bonds. The van der Waals surface area contributed by atoms with Gasteiger partial charge in [-0.2, -0.15) is 9.79 Å².